The summed E-state index contributed by atoms with van der Waals surface area (Å²) in [5, 5.41) is 6.02. The van der Waals surface area contributed by atoms with Gasteiger partial charge in [-0.05, 0) is 11.8 Å². The summed E-state index contributed by atoms with van der Waals surface area (Å²) in [7, 11) is 0. The van der Waals surface area contributed by atoms with Crippen molar-refractivity contribution >= 4 is 5.91 Å². The Morgan fingerprint density at radius 2 is 1.93 bits per heavy atom. The predicted molar refractivity (Wildman–Crippen MR) is 60.2 cm³/mol. The Hall–Kier alpha value is -0.570. The fraction of sp³-hybridized carbons (Fsp3) is 0.909. The van der Waals surface area contributed by atoms with Crippen LogP contribution >= 0.6 is 0 Å². The van der Waals surface area contributed by atoms with Gasteiger partial charge in [0.05, 0.1) is 6.54 Å². The van der Waals surface area contributed by atoms with E-state index in [4.69, 9.17) is 0 Å². The molecular weight excluding hydrogens is 176 g/mol. The fourth-order valence-electron chi connectivity index (χ4n) is 0.822. The van der Waals surface area contributed by atoms with Crippen LogP contribution in [0.4, 0.5) is 0 Å². The van der Waals surface area contributed by atoms with E-state index < -0.39 is 0 Å². The molecule has 0 heterocycles. The molecule has 0 bridgehead atoms. The summed E-state index contributed by atoms with van der Waals surface area (Å²) in [6, 6.07) is 0.361. The molecule has 0 rings (SSSR count). The van der Waals surface area contributed by atoms with Crippen molar-refractivity contribution < 1.29 is 4.79 Å². The number of amides is 1. The number of hydrogen-bond acceptors (Lipinski definition) is 2. The van der Waals surface area contributed by atoms with Crippen LogP contribution in [0.1, 0.15) is 41.0 Å². The molecule has 0 aromatic carbocycles. The van der Waals surface area contributed by atoms with Crippen molar-refractivity contribution in [2.75, 3.05) is 13.1 Å². The highest BCUT2D eigenvalue weighted by molar-refractivity contribution is 5.78. The summed E-state index contributed by atoms with van der Waals surface area (Å²) < 4.78 is 0. The lowest BCUT2D eigenvalue weighted by atomic mass is 9.90. The standard InChI is InChI=1S/C11H24N2O/c1-6-11(4,5)8-13-10(14)7-12-9(2)3/h9,12H,6-8H2,1-5H3,(H,13,14). The molecule has 1 amide bonds. The Balaban J connectivity index is 3.64. The van der Waals surface area contributed by atoms with Crippen LogP contribution in [0.5, 0.6) is 0 Å². The molecule has 0 unspecified atom stereocenters. The number of carbonyl (C=O) groups is 1. The molecule has 3 heteroatoms. The van der Waals surface area contributed by atoms with Gasteiger partial charge >= 0.3 is 0 Å². The summed E-state index contributed by atoms with van der Waals surface area (Å²) in [5.74, 6) is 0.0835. The first kappa shape index (κ1) is 13.4. The van der Waals surface area contributed by atoms with Crippen molar-refractivity contribution in [2.45, 2.75) is 47.1 Å². The zero-order valence-corrected chi connectivity index (χ0v) is 10.1. The van der Waals surface area contributed by atoms with Gasteiger partial charge in [0.25, 0.3) is 0 Å². The smallest absolute Gasteiger partial charge is 0.233 e. The van der Waals surface area contributed by atoms with Gasteiger partial charge in [-0.1, -0.05) is 34.6 Å². The van der Waals surface area contributed by atoms with Crippen molar-refractivity contribution in [2.24, 2.45) is 5.41 Å². The van der Waals surface area contributed by atoms with Crippen molar-refractivity contribution in [1.82, 2.24) is 10.6 Å². The quantitative estimate of drug-likeness (QED) is 0.683. The van der Waals surface area contributed by atoms with E-state index >= 15 is 0 Å². The zero-order valence-electron chi connectivity index (χ0n) is 10.1. The number of carbonyl (C=O) groups excluding carboxylic acids is 1. The first-order valence-electron chi connectivity index (χ1n) is 5.37. The van der Waals surface area contributed by atoms with Crippen LogP contribution in [0.25, 0.3) is 0 Å². The minimum absolute atomic E-state index is 0.0835. The van der Waals surface area contributed by atoms with Gasteiger partial charge in [-0.25, -0.2) is 0 Å². The Kier molecular flexibility index (Phi) is 5.77. The number of nitrogens with one attached hydrogen (secondary N) is 2. The molecule has 84 valence electrons. The van der Waals surface area contributed by atoms with Crippen LogP contribution in [0, 0.1) is 5.41 Å². The summed E-state index contributed by atoms with van der Waals surface area (Å²) in [4.78, 5) is 11.3. The summed E-state index contributed by atoms with van der Waals surface area (Å²) in [5.41, 5.74) is 0.202. The highest BCUT2D eigenvalue weighted by Crippen LogP contribution is 2.17. The Labute approximate surface area is 87.6 Å². The van der Waals surface area contributed by atoms with E-state index in [-0.39, 0.29) is 11.3 Å². The van der Waals surface area contributed by atoms with Crippen LogP contribution in [-0.2, 0) is 4.79 Å². The summed E-state index contributed by atoms with van der Waals surface area (Å²) >= 11 is 0. The van der Waals surface area contributed by atoms with Gasteiger partial charge in [0, 0.05) is 12.6 Å². The maximum Gasteiger partial charge on any atom is 0.233 e. The third kappa shape index (κ3) is 6.89. The van der Waals surface area contributed by atoms with Crippen molar-refractivity contribution in [1.29, 1.82) is 0 Å². The van der Waals surface area contributed by atoms with Crippen LogP contribution in [0.15, 0.2) is 0 Å². The lowest BCUT2D eigenvalue weighted by Crippen LogP contribution is -2.40. The van der Waals surface area contributed by atoms with Gasteiger partial charge in [-0.2, -0.15) is 0 Å². The first-order chi connectivity index (χ1) is 6.37. The molecule has 0 aliphatic carbocycles. The average molecular weight is 200 g/mol. The minimum atomic E-state index is 0.0835. The van der Waals surface area contributed by atoms with E-state index in [9.17, 15) is 4.79 Å². The number of hydrogen-bond donors (Lipinski definition) is 2. The lowest BCUT2D eigenvalue weighted by molar-refractivity contribution is -0.120. The van der Waals surface area contributed by atoms with Crippen LogP contribution < -0.4 is 10.6 Å². The molecular formula is C11H24N2O. The first-order valence-corrected chi connectivity index (χ1v) is 5.37. The molecule has 0 aromatic rings. The minimum Gasteiger partial charge on any atom is -0.354 e. The molecule has 14 heavy (non-hydrogen) atoms. The molecule has 3 nitrogen and oxygen atoms in total. The van der Waals surface area contributed by atoms with Gasteiger partial charge in [0.1, 0.15) is 0 Å². The Morgan fingerprint density at radius 1 is 1.36 bits per heavy atom. The summed E-state index contributed by atoms with van der Waals surface area (Å²) in [6.07, 6.45) is 1.07. The van der Waals surface area contributed by atoms with Crippen LogP contribution in [-0.4, -0.2) is 25.0 Å². The van der Waals surface area contributed by atoms with Gasteiger partial charge in [0.15, 0.2) is 0 Å². The molecule has 0 fully saturated rings. The molecule has 0 spiro atoms. The predicted octanol–water partition coefficient (Wildman–Crippen LogP) is 1.54. The molecule has 0 aliphatic rings. The van der Waals surface area contributed by atoms with Crippen molar-refractivity contribution in [3.63, 3.8) is 0 Å². The second-order valence-corrected chi connectivity index (χ2v) is 4.83. The molecule has 0 saturated heterocycles. The van der Waals surface area contributed by atoms with Crippen LogP contribution in [0.3, 0.4) is 0 Å². The maximum atomic E-state index is 11.3. The highest BCUT2D eigenvalue weighted by Gasteiger charge is 2.15. The van der Waals surface area contributed by atoms with Gasteiger partial charge in [0.2, 0.25) is 5.91 Å². The monoisotopic (exact) mass is 200 g/mol. The Bertz CT molecular complexity index is 176. The fourth-order valence-corrected chi connectivity index (χ4v) is 0.822. The molecule has 0 aromatic heterocycles. The van der Waals surface area contributed by atoms with Crippen molar-refractivity contribution in [3.8, 4) is 0 Å². The van der Waals surface area contributed by atoms with E-state index in [0.717, 1.165) is 13.0 Å². The van der Waals surface area contributed by atoms with Gasteiger partial charge in [-0.15, -0.1) is 0 Å². The second-order valence-electron chi connectivity index (χ2n) is 4.83. The summed E-state index contributed by atoms with van der Waals surface area (Å²) in [6.45, 7) is 11.7. The van der Waals surface area contributed by atoms with E-state index in [1.54, 1.807) is 0 Å². The third-order valence-electron chi connectivity index (χ3n) is 2.39. The number of rotatable bonds is 6. The molecule has 0 aliphatic heterocycles. The average Bonchev–Trinajstić information content (AvgIpc) is 2.11. The van der Waals surface area contributed by atoms with E-state index in [2.05, 4.69) is 31.4 Å². The van der Waals surface area contributed by atoms with E-state index in [1.807, 2.05) is 13.8 Å². The van der Waals surface area contributed by atoms with E-state index in [1.165, 1.54) is 0 Å². The Morgan fingerprint density at radius 3 is 2.36 bits per heavy atom. The molecule has 0 radical (unpaired) electrons. The van der Waals surface area contributed by atoms with Crippen molar-refractivity contribution in [3.05, 3.63) is 0 Å². The van der Waals surface area contributed by atoms with Crippen LogP contribution in [0.2, 0.25) is 0 Å². The van der Waals surface area contributed by atoms with E-state index in [0.29, 0.717) is 12.6 Å². The topological polar surface area (TPSA) is 41.1 Å². The maximum absolute atomic E-state index is 11.3. The van der Waals surface area contributed by atoms with Gasteiger partial charge < -0.3 is 10.6 Å². The zero-order chi connectivity index (χ0) is 11.2. The highest BCUT2D eigenvalue weighted by atomic mass is 16.1. The SMILES string of the molecule is CCC(C)(C)CNC(=O)CNC(C)C. The van der Waals surface area contributed by atoms with Gasteiger partial charge in [-0.3, -0.25) is 4.79 Å². The third-order valence-corrected chi connectivity index (χ3v) is 2.39. The normalized spacial score (nSPS) is 11.9. The largest absolute Gasteiger partial charge is 0.354 e. The molecule has 0 saturated carbocycles. The molecule has 0 atom stereocenters. The lowest BCUT2D eigenvalue weighted by Gasteiger charge is -2.23. The molecule has 2 N–H and O–H groups in total. The second kappa shape index (κ2) is 6.02.